The lowest BCUT2D eigenvalue weighted by Gasteiger charge is -2.18. The van der Waals surface area contributed by atoms with Gasteiger partial charge in [0.15, 0.2) is 0 Å². The van der Waals surface area contributed by atoms with Gasteiger partial charge in [0.1, 0.15) is 0 Å². The van der Waals surface area contributed by atoms with E-state index in [0.717, 1.165) is 17.7 Å². The van der Waals surface area contributed by atoms with Crippen molar-refractivity contribution < 1.29 is 4.79 Å². The molecular weight excluding hydrogens is 212 g/mol. The fourth-order valence-electron chi connectivity index (χ4n) is 2.47. The van der Waals surface area contributed by atoms with Crippen LogP contribution in [0.4, 0.5) is 5.69 Å². The van der Waals surface area contributed by atoms with Gasteiger partial charge in [0.2, 0.25) is 5.91 Å². The Morgan fingerprint density at radius 2 is 2.00 bits per heavy atom. The molecule has 2 rings (SSSR count). The van der Waals surface area contributed by atoms with E-state index in [2.05, 4.69) is 25.2 Å². The smallest absolute Gasteiger partial charge is 0.234 e. The average molecular weight is 232 g/mol. The van der Waals surface area contributed by atoms with Gasteiger partial charge in [-0.2, -0.15) is 0 Å². The van der Waals surface area contributed by atoms with E-state index < -0.39 is 5.41 Å². The Kier molecular flexibility index (Phi) is 2.74. The van der Waals surface area contributed by atoms with Crippen molar-refractivity contribution in [3.63, 3.8) is 0 Å². The first-order chi connectivity index (χ1) is 7.89. The Balaban J connectivity index is 2.69. The van der Waals surface area contributed by atoms with Gasteiger partial charge >= 0.3 is 0 Å². The Labute approximate surface area is 102 Å². The second-order valence-corrected chi connectivity index (χ2v) is 5.34. The van der Waals surface area contributed by atoms with Crippen LogP contribution < -0.4 is 11.1 Å². The molecule has 1 aliphatic heterocycles. The fraction of sp³-hybridized carbons (Fsp3) is 0.500. The molecule has 1 heterocycles. The quantitative estimate of drug-likeness (QED) is 0.819. The summed E-state index contributed by atoms with van der Waals surface area (Å²) in [6.07, 6.45) is 0.812. The maximum atomic E-state index is 12.0. The van der Waals surface area contributed by atoms with E-state index in [1.54, 1.807) is 0 Å². The number of benzene rings is 1. The van der Waals surface area contributed by atoms with Crippen LogP contribution in [-0.2, 0) is 16.6 Å². The van der Waals surface area contributed by atoms with E-state index >= 15 is 0 Å². The van der Waals surface area contributed by atoms with E-state index in [0.29, 0.717) is 6.54 Å². The minimum atomic E-state index is -0.433. The third-order valence-corrected chi connectivity index (χ3v) is 3.85. The molecule has 0 unspecified atom stereocenters. The zero-order chi connectivity index (χ0) is 12.8. The minimum absolute atomic E-state index is 0.0794. The zero-order valence-electron chi connectivity index (χ0n) is 11.0. The van der Waals surface area contributed by atoms with Gasteiger partial charge in [-0.3, -0.25) is 4.79 Å². The first kappa shape index (κ1) is 12.1. The highest BCUT2D eigenvalue weighted by Crippen LogP contribution is 2.41. The van der Waals surface area contributed by atoms with Crippen LogP contribution in [0.1, 0.15) is 36.1 Å². The van der Waals surface area contributed by atoms with Crippen LogP contribution in [0.3, 0.4) is 0 Å². The molecule has 0 aliphatic carbocycles. The molecule has 0 saturated carbocycles. The normalized spacial score (nSPS) is 16.9. The van der Waals surface area contributed by atoms with Crippen molar-refractivity contribution >= 4 is 11.6 Å². The third-order valence-electron chi connectivity index (χ3n) is 3.85. The van der Waals surface area contributed by atoms with Crippen LogP contribution in [0.15, 0.2) is 6.07 Å². The lowest BCUT2D eigenvalue weighted by Crippen LogP contribution is -2.26. The van der Waals surface area contributed by atoms with Gasteiger partial charge in [-0.25, -0.2) is 0 Å². The van der Waals surface area contributed by atoms with Gasteiger partial charge in [-0.15, -0.1) is 0 Å². The predicted molar refractivity (Wildman–Crippen MR) is 70.3 cm³/mol. The van der Waals surface area contributed by atoms with Crippen molar-refractivity contribution in [3.8, 4) is 0 Å². The van der Waals surface area contributed by atoms with Crippen LogP contribution in [-0.4, -0.2) is 12.5 Å². The van der Waals surface area contributed by atoms with Gasteiger partial charge in [0.25, 0.3) is 0 Å². The molecule has 0 fully saturated rings. The molecule has 3 heteroatoms. The van der Waals surface area contributed by atoms with Gasteiger partial charge in [0, 0.05) is 5.69 Å². The van der Waals surface area contributed by atoms with Crippen LogP contribution in [0.25, 0.3) is 0 Å². The number of carbonyl (C=O) groups excluding carboxylic acids is 1. The highest BCUT2D eigenvalue weighted by Gasteiger charge is 2.39. The predicted octanol–water partition coefficient (Wildman–Crippen LogP) is 2.03. The number of hydrogen-bond donors (Lipinski definition) is 2. The molecule has 0 radical (unpaired) electrons. The number of fused-ring (bicyclic) bond motifs is 1. The number of nitrogens with two attached hydrogens (primary N) is 1. The monoisotopic (exact) mass is 232 g/mol. The summed E-state index contributed by atoms with van der Waals surface area (Å²) in [5.41, 5.74) is 11.0. The highest BCUT2D eigenvalue weighted by molar-refractivity contribution is 6.06. The summed E-state index contributed by atoms with van der Waals surface area (Å²) in [5, 5.41) is 3.01. The number of rotatable bonds is 2. The van der Waals surface area contributed by atoms with E-state index in [4.69, 9.17) is 5.73 Å². The van der Waals surface area contributed by atoms with Gasteiger partial charge in [-0.1, -0.05) is 6.07 Å². The van der Waals surface area contributed by atoms with E-state index in [-0.39, 0.29) is 5.91 Å². The lowest BCUT2D eigenvalue weighted by molar-refractivity contribution is -0.119. The topological polar surface area (TPSA) is 55.1 Å². The molecule has 1 aromatic rings. The van der Waals surface area contributed by atoms with Crippen molar-refractivity contribution in [2.24, 2.45) is 5.73 Å². The summed E-state index contributed by atoms with van der Waals surface area (Å²) in [6, 6.07) is 2.13. The molecule has 1 aliphatic rings. The number of aryl methyl sites for hydroxylation is 1. The fourth-order valence-corrected chi connectivity index (χ4v) is 2.47. The summed E-state index contributed by atoms with van der Waals surface area (Å²) in [5.74, 6) is 0.0794. The van der Waals surface area contributed by atoms with Gasteiger partial charge in [-0.05, 0) is 62.9 Å². The molecule has 1 amide bonds. The minimum Gasteiger partial charge on any atom is -0.330 e. The summed E-state index contributed by atoms with van der Waals surface area (Å²) in [4.78, 5) is 12.0. The van der Waals surface area contributed by atoms with Crippen molar-refractivity contribution in [1.29, 1.82) is 0 Å². The molecule has 17 heavy (non-hydrogen) atoms. The van der Waals surface area contributed by atoms with Crippen LogP contribution in [0.2, 0.25) is 0 Å². The largest absolute Gasteiger partial charge is 0.330 e. The standard InChI is InChI=1S/C14H20N2O/c1-8-7-11-12(10(5-6-15)9(8)2)16-13(17)14(11,3)4/h7H,5-6,15H2,1-4H3,(H,16,17). The van der Waals surface area contributed by atoms with Gasteiger partial charge in [0.05, 0.1) is 5.41 Å². The molecule has 0 aromatic heterocycles. The van der Waals surface area contributed by atoms with Crippen LogP contribution >= 0.6 is 0 Å². The SMILES string of the molecule is Cc1cc2c(c(CCN)c1C)NC(=O)C2(C)C. The molecule has 3 nitrogen and oxygen atoms in total. The lowest BCUT2D eigenvalue weighted by atomic mass is 9.83. The van der Waals surface area contributed by atoms with Crippen LogP contribution in [0.5, 0.6) is 0 Å². The molecule has 0 bridgehead atoms. The Morgan fingerprint density at radius 3 is 2.59 bits per heavy atom. The van der Waals surface area contributed by atoms with Crippen molar-refractivity contribution in [2.75, 3.05) is 11.9 Å². The Bertz CT molecular complexity index is 489. The van der Waals surface area contributed by atoms with E-state index in [9.17, 15) is 4.79 Å². The second-order valence-electron chi connectivity index (χ2n) is 5.34. The maximum absolute atomic E-state index is 12.0. The highest BCUT2D eigenvalue weighted by atomic mass is 16.2. The summed E-state index contributed by atoms with van der Waals surface area (Å²) >= 11 is 0. The number of hydrogen-bond acceptors (Lipinski definition) is 2. The number of carbonyl (C=O) groups is 1. The Hall–Kier alpha value is -1.35. The maximum Gasteiger partial charge on any atom is 0.234 e. The van der Waals surface area contributed by atoms with E-state index in [1.807, 2.05) is 13.8 Å². The molecule has 92 valence electrons. The van der Waals surface area contributed by atoms with Gasteiger partial charge < -0.3 is 11.1 Å². The van der Waals surface area contributed by atoms with E-state index in [1.165, 1.54) is 16.7 Å². The Morgan fingerprint density at radius 1 is 1.35 bits per heavy atom. The number of amides is 1. The molecule has 0 saturated heterocycles. The number of anilines is 1. The van der Waals surface area contributed by atoms with Crippen molar-refractivity contribution in [3.05, 3.63) is 28.3 Å². The first-order valence-corrected chi connectivity index (χ1v) is 6.04. The van der Waals surface area contributed by atoms with Crippen molar-refractivity contribution in [2.45, 2.75) is 39.5 Å². The van der Waals surface area contributed by atoms with Crippen molar-refractivity contribution in [1.82, 2.24) is 0 Å². The molecule has 0 spiro atoms. The molecule has 0 atom stereocenters. The third kappa shape index (κ3) is 1.65. The molecule has 1 aromatic carbocycles. The average Bonchev–Trinajstić information content (AvgIpc) is 2.47. The molecule has 3 N–H and O–H groups in total. The summed E-state index contributed by atoms with van der Waals surface area (Å²) in [6.45, 7) is 8.73. The summed E-state index contributed by atoms with van der Waals surface area (Å²) < 4.78 is 0. The molecular formula is C14H20N2O. The zero-order valence-corrected chi connectivity index (χ0v) is 11.0. The van der Waals surface area contributed by atoms with Crippen LogP contribution in [0, 0.1) is 13.8 Å². The first-order valence-electron chi connectivity index (χ1n) is 6.04. The number of nitrogens with one attached hydrogen (secondary N) is 1. The summed E-state index contributed by atoms with van der Waals surface area (Å²) in [7, 11) is 0. The second kappa shape index (κ2) is 3.84.